The first-order chi connectivity index (χ1) is 8.42. The van der Waals surface area contributed by atoms with E-state index in [0.717, 1.165) is 24.6 Å². The SMILES string of the molecule is CC/C=c1/ncn(C(C)(C)CC(C)O)/c1=C/CC. The third-order valence-corrected chi connectivity index (χ3v) is 3.08. The predicted molar refractivity (Wildman–Crippen MR) is 76.6 cm³/mol. The lowest BCUT2D eigenvalue weighted by Crippen LogP contribution is -2.41. The zero-order chi connectivity index (χ0) is 13.8. The maximum Gasteiger partial charge on any atom is 0.0963 e. The third kappa shape index (κ3) is 3.45. The summed E-state index contributed by atoms with van der Waals surface area (Å²) in [6.45, 7) is 10.4. The fraction of sp³-hybridized carbons (Fsp3) is 0.667. The molecule has 1 rings (SSSR count). The van der Waals surface area contributed by atoms with E-state index in [1.54, 1.807) is 0 Å². The normalized spacial score (nSPS) is 16.3. The summed E-state index contributed by atoms with van der Waals surface area (Å²) in [7, 11) is 0. The molecule has 0 aromatic carbocycles. The highest BCUT2D eigenvalue weighted by Gasteiger charge is 2.23. The molecule has 3 heteroatoms. The number of hydrogen-bond acceptors (Lipinski definition) is 2. The zero-order valence-electron chi connectivity index (χ0n) is 12.3. The van der Waals surface area contributed by atoms with Crippen LogP contribution in [-0.4, -0.2) is 20.8 Å². The Kier molecular flexibility index (Phi) is 5.15. The van der Waals surface area contributed by atoms with Gasteiger partial charge < -0.3 is 9.67 Å². The first kappa shape index (κ1) is 15.0. The van der Waals surface area contributed by atoms with E-state index in [1.807, 2.05) is 13.3 Å². The van der Waals surface area contributed by atoms with Crippen LogP contribution in [0.1, 0.15) is 53.9 Å². The van der Waals surface area contributed by atoms with Gasteiger partial charge in [-0.1, -0.05) is 26.0 Å². The van der Waals surface area contributed by atoms with Crippen LogP contribution in [0.4, 0.5) is 0 Å². The van der Waals surface area contributed by atoms with Gasteiger partial charge in [-0.2, -0.15) is 0 Å². The molecule has 0 saturated heterocycles. The Bertz CT molecular complexity index is 483. The quantitative estimate of drug-likeness (QED) is 0.865. The van der Waals surface area contributed by atoms with Crippen LogP contribution in [-0.2, 0) is 5.54 Å². The Balaban J connectivity index is 3.34. The zero-order valence-corrected chi connectivity index (χ0v) is 12.3. The van der Waals surface area contributed by atoms with E-state index in [4.69, 9.17) is 0 Å². The summed E-state index contributed by atoms with van der Waals surface area (Å²) >= 11 is 0. The molecule has 0 aliphatic heterocycles. The Morgan fingerprint density at radius 3 is 2.44 bits per heavy atom. The number of imidazole rings is 1. The van der Waals surface area contributed by atoms with Gasteiger partial charge in [0, 0.05) is 5.54 Å². The molecule has 1 aromatic rings. The smallest absolute Gasteiger partial charge is 0.0963 e. The molecule has 1 heterocycles. The van der Waals surface area contributed by atoms with Gasteiger partial charge >= 0.3 is 0 Å². The van der Waals surface area contributed by atoms with Crippen molar-refractivity contribution in [2.75, 3.05) is 0 Å². The Hall–Kier alpha value is -1.09. The molecule has 1 atom stereocenters. The summed E-state index contributed by atoms with van der Waals surface area (Å²) in [6, 6.07) is 0. The summed E-state index contributed by atoms with van der Waals surface area (Å²) < 4.78 is 2.19. The minimum atomic E-state index is -0.310. The fourth-order valence-electron chi connectivity index (χ4n) is 2.42. The predicted octanol–water partition coefficient (Wildman–Crippen LogP) is 1.77. The van der Waals surface area contributed by atoms with Crippen LogP contribution in [0.25, 0.3) is 12.2 Å². The van der Waals surface area contributed by atoms with E-state index in [2.05, 4.69) is 49.4 Å². The lowest BCUT2D eigenvalue weighted by Gasteiger charge is -2.28. The first-order valence-corrected chi connectivity index (χ1v) is 6.84. The standard InChI is InChI=1S/C15H26N2O/c1-6-8-13-14(9-7-2)17(11-16-13)15(4,5)10-12(3)18/h8-9,11-12,18H,6-7,10H2,1-5H3/b13-8+,14-9+. The van der Waals surface area contributed by atoms with Gasteiger partial charge in [0.15, 0.2) is 0 Å². The molecule has 3 nitrogen and oxygen atoms in total. The second-order valence-corrected chi connectivity index (χ2v) is 5.48. The number of aliphatic hydroxyl groups excluding tert-OH is 1. The number of aromatic nitrogens is 2. The molecule has 0 saturated carbocycles. The van der Waals surface area contributed by atoms with E-state index in [9.17, 15) is 5.11 Å². The van der Waals surface area contributed by atoms with Gasteiger partial charge in [-0.25, -0.2) is 4.98 Å². The molecule has 102 valence electrons. The van der Waals surface area contributed by atoms with Crippen molar-refractivity contribution in [1.82, 2.24) is 9.55 Å². The molecule has 0 radical (unpaired) electrons. The molecule has 0 aliphatic carbocycles. The fourth-order valence-corrected chi connectivity index (χ4v) is 2.42. The summed E-state index contributed by atoms with van der Waals surface area (Å²) in [4.78, 5) is 4.49. The van der Waals surface area contributed by atoms with Crippen LogP contribution in [0, 0.1) is 0 Å². The minimum absolute atomic E-state index is 0.123. The van der Waals surface area contributed by atoms with Crippen molar-refractivity contribution in [2.24, 2.45) is 0 Å². The summed E-state index contributed by atoms with van der Waals surface area (Å²) in [5, 5.41) is 11.9. The second-order valence-electron chi connectivity index (χ2n) is 5.48. The minimum Gasteiger partial charge on any atom is -0.393 e. The van der Waals surface area contributed by atoms with Crippen molar-refractivity contribution in [3.63, 3.8) is 0 Å². The van der Waals surface area contributed by atoms with Crippen molar-refractivity contribution >= 4 is 12.2 Å². The molecular formula is C15H26N2O. The Labute approximate surface area is 110 Å². The maximum atomic E-state index is 9.63. The van der Waals surface area contributed by atoms with Gasteiger partial charge in [0.05, 0.1) is 23.1 Å². The van der Waals surface area contributed by atoms with Gasteiger partial charge in [0.25, 0.3) is 0 Å². The monoisotopic (exact) mass is 250 g/mol. The number of hydrogen-bond donors (Lipinski definition) is 1. The Morgan fingerprint density at radius 2 is 1.94 bits per heavy atom. The lowest BCUT2D eigenvalue weighted by atomic mass is 9.97. The first-order valence-electron chi connectivity index (χ1n) is 6.84. The summed E-state index contributed by atoms with van der Waals surface area (Å²) in [5.41, 5.74) is -0.123. The summed E-state index contributed by atoms with van der Waals surface area (Å²) in [6.07, 6.45) is 8.63. The van der Waals surface area contributed by atoms with Gasteiger partial charge in [-0.3, -0.25) is 0 Å². The van der Waals surface area contributed by atoms with Crippen LogP contribution in [0.5, 0.6) is 0 Å². The van der Waals surface area contributed by atoms with Crippen molar-refractivity contribution < 1.29 is 5.11 Å². The molecule has 0 fully saturated rings. The highest BCUT2D eigenvalue weighted by molar-refractivity contribution is 5.25. The maximum absolute atomic E-state index is 9.63. The van der Waals surface area contributed by atoms with Crippen LogP contribution in [0.2, 0.25) is 0 Å². The Morgan fingerprint density at radius 1 is 1.33 bits per heavy atom. The number of rotatable bonds is 5. The van der Waals surface area contributed by atoms with Crippen LogP contribution < -0.4 is 10.7 Å². The van der Waals surface area contributed by atoms with E-state index in [1.165, 1.54) is 5.35 Å². The van der Waals surface area contributed by atoms with Crippen LogP contribution in [0.15, 0.2) is 6.33 Å². The van der Waals surface area contributed by atoms with E-state index in [0.29, 0.717) is 0 Å². The molecule has 18 heavy (non-hydrogen) atoms. The third-order valence-electron chi connectivity index (χ3n) is 3.08. The molecule has 0 bridgehead atoms. The lowest BCUT2D eigenvalue weighted by molar-refractivity contribution is 0.131. The van der Waals surface area contributed by atoms with Gasteiger partial charge in [-0.05, 0) is 40.0 Å². The van der Waals surface area contributed by atoms with Crippen molar-refractivity contribution in [2.45, 2.75) is 65.5 Å². The molecule has 1 N–H and O–H groups in total. The van der Waals surface area contributed by atoms with Gasteiger partial charge in [-0.15, -0.1) is 0 Å². The molecule has 0 amide bonds. The molecule has 1 aromatic heterocycles. The second kappa shape index (κ2) is 6.19. The molecule has 1 unspecified atom stereocenters. The van der Waals surface area contributed by atoms with E-state index >= 15 is 0 Å². The van der Waals surface area contributed by atoms with E-state index < -0.39 is 0 Å². The van der Waals surface area contributed by atoms with Crippen LogP contribution >= 0.6 is 0 Å². The molecule has 0 aliphatic rings. The highest BCUT2D eigenvalue weighted by Crippen LogP contribution is 2.18. The average molecular weight is 250 g/mol. The number of aliphatic hydroxyl groups is 1. The van der Waals surface area contributed by atoms with Gasteiger partial charge in [0.1, 0.15) is 0 Å². The van der Waals surface area contributed by atoms with Crippen molar-refractivity contribution in [3.8, 4) is 0 Å². The van der Waals surface area contributed by atoms with Crippen molar-refractivity contribution in [3.05, 3.63) is 17.0 Å². The van der Waals surface area contributed by atoms with E-state index in [-0.39, 0.29) is 11.6 Å². The van der Waals surface area contributed by atoms with Gasteiger partial charge in [0.2, 0.25) is 0 Å². The molecular weight excluding hydrogens is 224 g/mol. The van der Waals surface area contributed by atoms with Crippen molar-refractivity contribution in [1.29, 1.82) is 0 Å². The summed E-state index contributed by atoms with van der Waals surface area (Å²) in [5.74, 6) is 0. The average Bonchev–Trinajstić information content (AvgIpc) is 2.62. The highest BCUT2D eigenvalue weighted by atomic mass is 16.3. The molecule has 0 spiro atoms. The topological polar surface area (TPSA) is 38.0 Å². The van der Waals surface area contributed by atoms with Crippen LogP contribution in [0.3, 0.4) is 0 Å². The largest absolute Gasteiger partial charge is 0.393 e. The number of nitrogens with zero attached hydrogens (tertiary/aromatic N) is 2.